The van der Waals surface area contributed by atoms with Crippen LogP contribution in [0.2, 0.25) is 0 Å². The maximum Gasteiger partial charge on any atom is 0.175 e. The fourth-order valence-corrected chi connectivity index (χ4v) is 3.70. The first-order chi connectivity index (χ1) is 10.7. The summed E-state index contributed by atoms with van der Waals surface area (Å²) in [5.74, 6) is 0. The molecule has 0 saturated heterocycles. The van der Waals surface area contributed by atoms with Crippen molar-refractivity contribution in [3.63, 3.8) is 0 Å². The van der Waals surface area contributed by atoms with Crippen LogP contribution in [0.3, 0.4) is 0 Å². The number of anilines is 1. The van der Waals surface area contributed by atoms with Gasteiger partial charge in [-0.25, -0.2) is 22.3 Å². The van der Waals surface area contributed by atoms with Crippen LogP contribution in [-0.2, 0) is 26.2 Å². The fourth-order valence-electron chi connectivity index (χ4n) is 2.02. The monoisotopic (exact) mass is 354 g/mol. The third-order valence-corrected chi connectivity index (χ3v) is 5.44. The molecule has 2 N–H and O–H groups in total. The van der Waals surface area contributed by atoms with E-state index in [0.717, 1.165) is 18.2 Å². The molecule has 0 aromatic heterocycles. The summed E-state index contributed by atoms with van der Waals surface area (Å²) in [5, 5.41) is 0. The predicted molar refractivity (Wildman–Crippen MR) is 89.6 cm³/mol. The lowest BCUT2D eigenvalue weighted by Crippen LogP contribution is -2.22. The van der Waals surface area contributed by atoms with E-state index < -0.39 is 19.7 Å². The largest absolute Gasteiger partial charge is 0.321 e. The second kappa shape index (κ2) is 6.69. The van der Waals surface area contributed by atoms with Crippen LogP contribution in [0.25, 0.3) is 0 Å². The number of hydrogen-bond donors (Lipinski definition) is 2. The highest BCUT2D eigenvalue weighted by molar-refractivity contribution is 7.91. The van der Waals surface area contributed by atoms with E-state index >= 15 is 0 Å². The molecule has 2 aromatic carbocycles. The van der Waals surface area contributed by atoms with Gasteiger partial charge in [-0.1, -0.05) is 24.3 Å². The predicted octanol–water partition coefficient (Wildman–Crippen LogP) is 1.61. The molecule has 23 heavy (non-hydrogen) atoms. The summed E-state index contributed by atoms with van der Waals surface area (Å²) < 4.78 is 47.0. The molecule has 0 saturated carbocycles. The van der Waals surface area contributed by atoms with Crippen LogP contribution in [0.4, 0.5) is 5.69 Å². The van der Waals surface area contributed by atoms with Crippen LogP contribution in [0, 0.1) is 0 Å². The lowest BCUT2D eigenvalue weighted by molar-refractivity contribution is 0.598. The van der Waals surface area contributed by atoms with Crippen molar-refractivity contribution in [2.75, 3.05) is 17.9 Å². The Labute approximate surface area is 136 Å². The highest BCUT2D eigenvalue weighted by Gasteiger charge is 2.17. The minimum atomic E-state index is -3.54. The molecule has 0 fully saturated rings. The van der Waals surface area contributed by atoms with Gasteiger partial charge in [0, 0.05) is 24.7 Å². The normalized spacial score (nSPS) is 12.1. The quantitative estimate of drug-likeness (QED) is 0.766. The van der Waals surface area contributed by atoms with Gasteiger partial charge in [0.15, 0.2) is 19.7 Å². The molecule has 0 atom stereocenters. The van der Waals surface area contributed by atoms with Gasteiger partial charge in [0.05, 0.1) is 9.79 Å². The van der Waals surface area contributed by atoms with Gasteiger partial charge in [-0.15, -0.1) is 0 Å². The average molecular weight is 354 g/mol. The first-order valence-electron chi connectivity index (χ1n) is 6.75. The van der Waals surface area contributed by atoms with Gasteiger partial charge in [0.1, 0.15) is 0 Å². The Bertz CT molecular complexity index is 892. The Kier molecular flexibility index (Phi) is 5.08. The van der Waals surface area contributed by atoms with Crippen molar-refractivity contribution in [3.05, 3.63) is 54.1 Å². The smallest absolute Gasteiger partial charge is 0.175 e. The van der Waals surface area contributed by atoms with Crippen molar-refractivity contribution in [1.82, 2.24) is 5.43 Å². The maximum absolute atomic E-state index is 11.9. The SMILES string of the molecule is CS(=O)(=O)c1ccc(CNNc2ccccc2)c(S(C)(=O)=O)c1. The average Bonchev–Trinajstić information content (AvgIpc) is 2.46. The third-order valence-electron chi connectivity index (χ3n) is 3.15. The van der Waals surface area contributed by atoms with Crippen molar-refractivity contribution in [2.24, 2.45) is 0 Å². The molecule has 0 bridgehead atoms. The first-order valence-corrected chi connectivity index (χ1v) is 10.5. The molecule has 6 nitrogen and oxygen atoms in total. The summed E-state index contributed by atoms with van der Waals surface area (Å²) in [6.07, 6.45) is 2.10. The van der Waals surface area contributed by atoms with E-state index in [9.17, 15) is 16.8 Å². The zero-order valence-corrected chi connectivity index (χ0v) is 14.4. The highest BCUT2D eigenvalue weighted by atomic mass is 32.2. The zero-order valence-electron chi connectivity index (χ0n) is 12.8. The van der Waals surface area contributed by atoms with Gasteiger partial charge in [0.25, 0.3) is 0 Å². The Hall–Kier alpha value is -1.90. The van der Waals surface area contributed by atoms with E-state index in [-0.39, 0.29) is 16.3 Å². The number of para-hydroxylation sites is 1. The van der Waals surface area contributed by atoms with E-state index in [1.54, 1.807) is 0 Å². The van der Waals surface area contributed by atoms with Gasteiger partial charge in [0.2, 0.25) is 0 Å². The molecule has 0 heterocycles. The summed E-state index contributed by atoms with van der Waals surface area (Å²) in [5.41, 5.74) is 7.20. The Morgan fingerprint density at radius 3 is 2.09 bits per heavy atom. The van der Waals surface area contributed by atoms with Gasteiger partial charge < -0.3 is 5.43 Å². The number of rotatable bonds is 6. The van der Waals surface area contributed by atoms with E-state index in [0.29, 0.717) is 5.56 Å². The zero-order chi connectivity index (χ0) is 17.1. The lowest BCUT2D eigenvalue weighted by Gasteiger charge is -2.12. The van der Waals surface area contributed by atoms with Crippen LogP contribution in [-0.4, -0.2) is 29.3 Å². The molecule has 0 spiro atoms. The Balaban J connectivity index is 2.24. The number of benzene rings is 2. The first kappa shape index (κ1) is 17.5. The van der Waals surface area contributed by atoms with Crippen LogP contribution >= 0.6 is 0 Å². The minimum absolute atomic E-state index is 0.00258. The molecule has 0 aliphatic rings. The molecule has 0 radical (unpaired) electrons. The molecule has 2 rings (SSSR count). The van der Waals surface area contributed by atoms with Crippen molar-refractivity contribution >= 4 is 25.4 Å². The molecular formula is C15H18N2O4S2. The topological polar surface area (TPSA) is 92.3 Å². The number of hydrazine groups is 1. The van der Waals surface area contributed by atoms with Crippen molar-refractivity contribution in [1.29, 1.82) is 0 Å². The Morgan fingerprint density at radius 2 is 1.52 bits per heavy atom. The van der Waals surface area contributed by atoms with Gasteiger partial charge in [-0.2, -0.15) is 0 Å². The molecular weight excluding hydrogens is 336 g/mol. The molecule has 124 valence electrons. The molecule has 8 heteroatoms. The standard InChI is InChI=1S/C15H18N2O4S2/c1-22(18,19)14-9-8-12(15(10-14)23(2,20)21)11-16-17-13-6-4-3-5-7-13/h3-10,16-17H,11H2,1-2H3. The summed E-state index contributed by atoms with van der Waals surface area (Å²) >= 11 is 0. The number of nitrogens with one attached hydrogen (secondary N) is 2. The highest BCUT2D eigenvalue weighted by Crippen LogP contribution is 2.21. The third kappa shape index (κ3) is 4.78. The molecule has 0 aliphatic heterocycles. The van der Waals surface area contributed by atoms with Crippen LogP contribution in [0.5, 0.6) is 0 Å². The molecule has 2 aromatic rings. The number of hydrogen-bond acceptors (Lipinski definition) is 6. The second-order valence-electron chi connectivity index (χ2n) is 5.16. The minimum Gasteiger partial charge on any atom is -0.321 e. The summed E-state index contributed by atoms with van der Waals surface area (Å²) in [6, 6.07) is 13.4. The molecule has 0 unspecified atom stereocenters. The summed E-state index contributed by atoms with van der Waals surface area (Å²) in [7, 11) is -7.01. The lowest BCUT2D eigenvalue weighted by atomic mass is 10.2. The second-order valence-corrected chi connectivity index (χ2v) is 9.16. The molecule has 0 aliphatic carbocycles. The van der Waals surface area contributed by atoms with E-state index in [2.05, 4.69) is 10.9 Å². The van der Waals surface area contributed by atoms with Crippen LogP contribution < -0.4 is 10.9 Å². The van der Waals surface area contributed by atoms with Gasteiger partial charge in [-0.3, -0.25) is 0 Å². The maximum atomic E-state index is 11.9. The summed E-state index contributed by atoms with van der Waals surface area (Å²) in [4.78, 5) is -0.0134. The van der Waals surface area contributed by atoms with E-state index in [4.69, 9.17) is 0 Å². The van der Waals surface area contributed by atoms with Crippen molar-refractivity contribution in [2.45, 2.75) is 16.3 Å². The van der Waals surface area contributed by atoms with Crippen molar-refractivity contribution < 1.29 is 16.8 Å². The van der Waals surface area contributed by atoms with Gasteiger partial charge in [-0.05, 0) is 29.8 Å². The molecule has 0 amide bonds. The van der Waals surface area contributed by atoms with Crippen molar-refractivity contribution in [3.8, 4) is 0 Å². The summed E-state index contributed by atoms with van der Waals surface area (Å²) in [6.45, 7) is 0.224. The van der Waals surface area contributed by atoms with Crippen LogP contribution in [0.15, 0.2) is 58.3 Å². The fraction of sp³-hybridized carbons (Fsp3) is 0.200. The van der Waals surface area contributed by atoms with E-state index in [1.165, 1.54) is 18.2 Å². The van der Waals surface area contributed by atoms with Gasteiger partial charge >= 0.3 is 0 Å². The van der Waals surface area contributed by atoms with Crippen LogP contribution in [0.1, 0.15) is 5.56 Å². The van der Waals surface area contributed by atoms with E-state index in [1.807, 2.05) is 30.3 Å². The number of sulfone groups is 2. The Morgan fingerprint density at radius 1 is 0.870 bits per heavy atom.